The fourth-order valence-corrected chi connectivity index (χ4v) is 7.85. The second-order valence-electron chi connectivity index (χ2n) is 10.8. The monoisotopic (exact) mass is 490 g/mol. The third-order valence-corrected chi connectivity index (χ3v) is 9.21. The number of likely N-dealkylation sites (tertiary alicyclic amines) is 1. The summed E-state index contributed by atoms with van der Waals surface area (Å²) in [6, 6.07) is -0.637. The number of aliphatic hydroxyl groups is 1. The number of rotatable bonds is 6. The minimum absolute atomic E-state index is 0.0416. The molecule has 0 saturated carbocycles. The van der Waals surface area contributed by atoms with Gasteiger partial charge in [0.05, 0.1) is 23.2 Å². The standard InChI is InChI=1S/C26H38N2O5S/c1-25(2,3)28-15-11-13-26-20(19-18(34-26)12-7-6-10-17-33-24(19)32)22(30)27(21(26)23(28)31)14-8-4-5-9-16-29/h7,11-13,18-21,29H,4-6,8-10,14-17H2,1-3H3/b12-7-/t18-,19+,20-,21?,26-/m0/s1. The minimum atomic E-state index is -0.781. The van der Waals surface area contributed by atoms with Crippen molar-refractivity contribution in [3.63, 3.8) is 0 Å². The smallest absolute Gasteiger partial charge is 0.311 e. The molecule has 2 fully saturated rings. The molecule has 0 aliphatic carbocycles. The normalized spacial score (nSPS) is 34.5. The van der Waals surface area contributed by atoms with Gasteiger partial charge >= 0.3 is 5.97 Å². The SMILES string of the molecule is CC(C)(C)N1CC=C[C@]23S[C@H]4/C=C\CCCOC(=O)[C@H]4[C@H]2C(=O)N(CCCCCCO)C3C1=O. The fourth-order valence-electron chi connectivity index (χ4n) is 5.84. The maximum Gasteiger partial charge on any atom is 0.311 e. The van der Waals surface area contributed by atoms with E-state index in [1.807, 2.05) is 31.7 Å². The Bertz CT molecular complexity index is 866. The van der Waals surface area contributed by atoms with Crippen LogP contribution in [0.5, 0.6) is 0 Å². The van der Waals surface area contributed by atoms with Crippen molar-refractivity contribution in [1.29, 1.82) is 0 Å². The number of ether oxygens (including phenoxy) is 1. The van der Waals surface area contributed by atoms with Crippen LogP contribution in [0.15, 0.2) is 24.3 Å². The number of hydrogen-bond donors (Lipinski definition) is 1. The van der Waals surface area contributed by atoms with Gasteiger partial charge in [0.15, 0.2) is 0 Å². The highest BCUT2D eigenvalue weighted by Crippen LogP contribution is 2.61. The van der Waals surface area contributed by atoms with Crippen molar-refractivity contribution in [3.05, 3.63) is 24.3 Å². The number of carbonyl (C=O) groups is 3. The van der Waals surface area contributed by atoms with Crippen molar-refractivity contribution < 1.29 is 24.2 Å². The van der Waals surface area contributed by atoms with Crippen LogP contribution in [-0.2, 0) is 19.1 Å². The predicted molar refractivity (Wildman–Crippen MR) is 132 cm³/mol. The fraction of sp³-hybridized carbons (Fsp3) is 0.731. The van der Waals surface area contributed by atoms with Crippen molar-refractivity contribution >= 4 is 29.5 Å². The lowest BCUT2D eigenvalue weighted by Crippen LogP contribution is -2.57. The van der Waals surface area contributed by atoms with Crippen LogP contribution in [0.2, 0.25) is 0 Å². The number of cyclic esters (lactones) is 1. The number of amides is 2. The molecule has 2 amide bonds. The summed E-state index contributed by atoms with van der Waals surface area (Å²) in [5.41, 5.74) is -0.386. The Balaban J connectivity index is 1.73. The first-order valence-electron chi connectivity index (χ1n) is 12.6. The molecule has 4 heterocycles. The Morgan fingerprint density at radius 2 is 1.88 bits per heavy atom. The Morgan fingerprint density at radius 3 is 2.62 bits per heavy atom. The largest absolute Gasteiger partial charge is 0.465 e. The molecule has 1 spiro atoms. The number of thioether (sulfide) groups is 1. The van der Waals surface area contributed by atoms with Gasteiger partial charge in [0, 0.05) is 30.5 Å². The van der Waals surface area contributed by atoms with Crippen LogP contribution in [0.3, 0.4) is 0 Å². The van der Waals surface area contributed by atoms with E-state index in [-0.39, 0.29) is 35.2 Å². The summed E-state index contributed by atoms with van der Waals surface area (Å²) in [5, 5.41) is 8.89. The Labute approximate surface area is 206 Å². The summed E-state index contributed by atoms with van der Waals surface area (Å²) < 4.78 is 4.82. The molecule has 1 unspecified atom stereocenters. The van der Waals surface area contributed by atoms with Crippen LogP contribution in [0.25, 0.3) is 0 Å². The predicted octanol–water partition coefficient (Wildman–Crippen LogP) is 2.93. The molecular weight excluding hydrogens is 452 g/mol. The lowest BCUT2D eigenvalue weighted by molar-refractivity contribution is -0.153. The van der Waals surface area contributed by atoms with E-state index in [0.29, 0.717) is 19.7 Å². The van der Waals surface area contributed by atoms with Gasteiger partial charge < -0.3 is 19.6 Å². The summed E-state index contributed by atoms with van der Waals surface area (Å²) in [7, 11) is 0. The van der Waals surface area contributed by atoms with Gasteiger partial charge in [0.2, 0.25) is 11.8 Å². The van der Waals surface area contributed by atoms with Gasteiger partial charge in [-0.15, -0.1) is 11.8 Å². The highest BCUT2D eigenvalue weighted by Gasteiger charge is 2.71. The number of unbranched alkanes of at least 4 members (excludes halogenated alkanes) is 3. The molecule has 0 aromatic heterocycles. The number of nitrogens with zero attached hydrogens (tertiary/aromatic N) is 2. The van der Waals surface area contributed by atoms with E-state index in [9.17, 15) is 14.4 Å². The molecule has 4 rings (SSSR count). The molecule has 34 heavy (non-hydrogen) atoms. The second-order valence-corrected chi connectivity index (χ2v) is 12.3. The van der Waals surface area contributed by atoms with Gasteiger partial charge in [0.25, 0.3) is 0 Å². The molecule has 0 bridgehead atoms. The molecule has 0 aromatic carbocycles. The van der Waals surface area contributed by atoms with Gasteiger partial charge in [-0.25, -0.2) is 0 Å². The minimum Gasteiger partial charge on any atom is -0.465 e. The molecule has 1 N–H and O–H groups in total. The summed E-state index contributed by atoms with van der Waals surface area (Å²) in [6.45, 7) is 7.54. The van der Waals surface area contributed by atoms with Gasteiger partial charge in [-0.3, -0.25) is 14.4 Å². The zero-order valence-corrected chi connectivity index (χ0v) is 21.4. The molecule has 0 radical (unpaired) electrons. The quantitative estimate of drug-likeness (QED) is 0.350. The zero-order valence-electron chi connectivity index (χ0n) is 20.6. The zero-order chi connectivity index (χ0) is 24.5. The Kier molecular flexibility index (Phi) is 7.48. The molecule has 2 saturated heterocycles. The van der Waals surface area contributed by atoms with Gasteiger partial charge in [-0.1, -0.05) is 37.1 Å². The van der Waals surface area contributed by atoms with Crippen molar-refractivity contribution in [2.24, 2.45) is 11.8 Å². The number of hydrogen-bond acceptors (Lipinski definition) is 6. The van der Waals surface area contributed by atoms with Crippen LogP contribution in [0.4, 0.5) is 0 Å². The molecule has 0 aromatic rings. The van der Waals surface area contributed by atoms with E-state index >= 15 is 0 Å². The van der Waals surface area contributed by atoms with Crippen LogP contribution >= 0.6 is 11.8 Å². The van der Waals surface area contributed by atoms with E-state index in [1.165, 1.54) is 0 Å². The number of aliphatic hydroxyl groups excluding tert-OH is 1. The van der Waals surface area contributed by atoms with Gasteiger partial charge in [-0.2, -0.15) is 0 Å². The maximum absolute atomic E-state index is 14.1. The summed E-state index contributed by atoms with van der Waals surface area (Å²) >= 11 is 1.60. The number of allylic oxidation sites excluding steroid dienone is 1. The molecule has 5 atom stereocenters. The van der Waals surface area contributed by atoms with E-state index in [2.05, 4.69) is 18.2 Å². The number of carbonyl (C=O) groups excluding carboxylic acids is 3. The number of fused-ring (bicyclic) bond motifs is 2. The van der Waals surface area contributed by atoms with Crippen LogP contribution in [0, 0.1) is 11.8 Å². The first-order chi connectivity index (χ1) is 16.2. The van der Waals surface area contributed by atoms with Crippen LogP contribution < -0.4 is 0 Å². The summed E-state index contributed by atoms with van der Waals surface area (Å²) in [4.78, 5) is 44.9. The average Bonchev–Trinajstić information content (AvgIpc) is 3.17. The molecule has 188 valence electrons. The van der Waals surface area contributed by atoms with Crippen molar-refractivity contribution in [1.82, 2.24) is 9.80 Å². The van der Waals surface area contributed by atoms with E-state index in [4.69, 9.17) is 9.84 Å². The Hall–Kier alpha value is -1.80. The first-order valence-corrected chi connectivity index (χ1v) is 13.5. The topological polar surface area (TPSA) is 87.2 Å². The third-order valence-electron chi connectivity index (χ3n) is 7.47. The third kappa shape index (κ3) is 4.43. The Morgan fingerprint density at radius 1 is 1.12 bits per heavy atom. The molecule has 4 aliphatic heterocycles. The lowest BCUT2D eigenvalue weighted by Gasteiger charge is -2.40. The van der Waals surface area contributed by atoms with Crippen LogP contribution in [0.1, 0.15) is 59.3 Å². The van der Waals surface area contributed by atoms with Crippen LogP contribution in [-0.4, -0.2) is 80.6 Å². The van der Waals surface area contributed by atoms with Gasteiger partial charge in [0.1, 0.15) is 6.04 Å². The highest BCUT2D eigenvalue weighted by atomic mass is 32.2. The average molecular weight is 491 g/mol. The van der Waals surface area contributed by atoms with Crippen molar-refractivity contribution in [2.75, 3.05) is 26.3 Å². The second kappa shape index (κ2) is 10.1. The molecule has 4 aliphatic rings. The summed E-state index contributed by atoms with van der Waals surface area (Å²) in [6.07, 6.45) is 13.1. The lowest BCUT2D eigenvalue weighted by atomic mass is 9.78. The maximum atomic E-state index is 14.1. The van der Waals surface area contributed by atoms with E-state index < -0.39 is 22.6 Å². The van der Waals surface area contributed by atoms with Crippen molar-refractivity contribution in [2.45, 2.75) is 80.9 Å². The van der Waals surface area contributed by atoms with E-state index in [0.717, 1.165) is 38.5 Å². The molecular formula is C26H38N2O5S. The first kappa shape index (κ1) is 25.3. The van der Waals surface area contributed by atoms with E-state index in [1.54, 1.807) is 16.7 Å². The molecule has 8 heteroatoms. The molecule has 7 nitrogen and oxygen atoms in total. The highest BCUT2D eigenvalue weighted by molar-refractivity contribution is 8.02. The summed E-state index contributed by atoms with van der Waals surface area (Å²) in [5.74, 6) is -1.67. The number of esters is 1. The van der Waals surface area contributed by atoms with Crippen molar-refractivity contribution in [3.8, 4) is 0 Å². The van der Waals surface area contributed by atoms with Gasteiger partial charge in [-0.05, 0) is 46.5 Å².